The Morgan fingerprint density at radius 3 is 2.48 bits per heavy atom. The first-order valence-corrected chi connectivity index (χ1v) is 9.83. The Hall–Kier alpha value is -2.86. The first-order chi connectivity index (χ1) is 14.0. The van der Waals surface area contributed by atoms with Crippen molar-refractivity contribution in [3.8, 4) is 5.88 Å². The molecule has 3 rings (SSSR count). The summed E-state index contributed by atoms with van der Waals surface area (Å²) in [6.07, 6.45) is 3.90. The van der Waals surface area contributed by atoms with E-state index in [9.17, 15) is 9.59 Å². The number of esters is 1. The topological polar surface area (TPSA) is 74.7 Å². The summed E-state index contributed by atoms with van der Waals surface area (Å²) in [6, 6.07) is 9.60. The van der Waals surface area contributed by atoms with Gasteiger partial charge in [0, 0.05) is 24.5 Å². The monoisotopic (exact) mass is 415 g/mol. The molecule has 1 aromatic carbocycles. The SMILES string of the molecule is CCO/C=C(\C(=O)OCC)C(=O)c1cc(OC2Cc3ccccc3C2)ncc1Cl. The molecule has 0 unspecified atom stereocenters. The second-order valence-electron chi connectivity index (χ2n) is 6.46. The number of hydrogen-bond donors (Lipinski definition) is 0. The van der Waals surface area contributed by atoms with Crippen LogP contribution in [0, 0.1) is 0 Å². The van der Waals surface area contributed by atoms with Crippen LogP contribution in [0.25, 0.3) is 0 Å². The molecule has 2 aromatic rings. The Morgan fingerprint density at radius 1 is 1.17 bits per heavy atom. The van der Waals surface area contributed by atoms with Gasteiger partial charge in [-0.3, -0.25) is 4.79 Å². The average molecular weight is 416 g/mol. The molecule has 152 valence electrons. The van der Waals surface area contributed by atoms with E-state index in [-0.39, 0.29) is 34.8 Å². The van der Waals surface area contributed by atoms with E-state index in [0.29, 0.717) is 6.61 Å². The summed E-state index contributed by atoms with van der Waals surface area (Å²) in [6.45, 7) is 3.84. The van der Waals surface area contributed by atoms with Crippen LogP contribution in [0.3, 0.4) is 0 Å². The number of benzene rings is 1. The average Bonchev–Trinajstić information content (AvgIpc) is 3.12. The normalized spacial score (nSPS) is 13.7. The molecular formula is C22H22ClNO5. The highest BCUT2D eigenvalue weighted by Gasteiger charge is 2.26. The molecule has 1 heterocycles. The van der Waals surface area contributed by atoms with E-state index in [4.69, 9.17) is 25.8 Å². The molecule has 7 heteroatoms. The molecule has 0 spiro atoms. The van der Waals surface area contributed by atoms with Crippen LogP contribution < -0.4 is 4.74 Å². The third-order valence-electron chi connectivity index (χ3n) is 4.48. The standard InChI is InChI=1S/C22H22ClNO5/c1-3-27-13-18(22(26)28-4-2)21(25)17-11-20(24-12-19(17)23)29-16-9-14-7-5-6-8-15(14)10-16/h5-8,11-13,16H,3-4,9-10H2,1-2H3/b18-13-. The van der Waals surface area contributed by atoms with Crippen LogP contribution in [0.15, 0.2) is 48.4 Å². The number of aromatic nitrogens is 1. The molecule has 1 aromatic heterocycles. The third-order valence-corrected chi connectivity index (χ3v) is 4.78. The molecule has 6 nitrogen and oxygen atoms in total. The largest absolute Gasteiger partial charge is 0.500 e. The van der Waals surface area contributed by atoms with Gasteiger partial charge in [-0.05, 0) is 25.0 Å². The number of carbonyl (C=O) groups is 2. The fourth-order valence-corrected chi connectivity index (χ4v) is 3.33. The summed E-state index contributed by atoms with van der Waals surface area (Å²) in [7, 11) is 0. The van der Waals surface area contributed by atoms with Gasteiger partial charge < -0.3 is 14.2 Å². The number of ether oxygens (including phenoxy) is 3. The highest BCUT2D eigenvalue weighted by molar-refractivity contribution is 6.36. The summed E-state index contributed by atoms with van der Waals surface area (Å²) in [5.41, 5.74) is 2.35. The van der Waals surface area contributed by atoms with E-state index in [2.05, 4.69) is 17.1 Å². The van der Waals surface area contributed by atoms with Gasteiger partial charge in [-0.15, -0.1) is 0 Å². The van der Waals surface area contributed by atoms with Crippen LogP contribution in [-0.2, 0) is 27.1 Å². The molecule has 0 fully saturated rings. The van der Waals surface area contributed by atoms with Crippen molar-refractivity contribution in [1.29, 1.82) is 0 Å². The van der Waals surface area contributed by atoms with Gasteiger partial charge in [0.15, 0.2) is 0 Å². The first kappa shape index (κ1) is 20.9. The quantitative estimate of drug-likeness (QED) is 0.162. The summed E-state index contributed by atoms with van der Waals surface area (Å²) in [5, 5.41) is 0.115. The van der Waals surface area contributed by atoms with Gasteiger partial charge in [0.2, 0.25) is 11.7 Å². The fourth-order valence-electron chi connectivity index (χ4n) is 3.15. The molecule has 0 atom stereocenters. The maximum atomic E-state index is 12.9. The Labute approximate surface area is 174 Å². The number of pyridine rings is 1. The number of rotatable bonds is 8. The van der Waals surface area contributed by atoms with E-state index >= 15 is 0 Å². The summed E-state index contributed by atoms with van der Waals surface area (Å²) in [4.78, 5) is 29.3. The van der Waals surface area contributed by atoms with Crippen LogP contribution in [-0.4, -0.2) is 36.1 Å². The van der Waals surface area contributed by atoms with Crippen LogP contribution in [0.1, 0.15) is 35.3 Å². The molecule has 0 saturated carbocycles. The van der Waals surface area contributed by atoms with Gasteiger partial charge in [0.1, 0.15) is 17.9 Å². The van der Waals surface area contributed by atoms with Gasteiger partial charge in [-0.2, -0.15) is 0 Å². The van der Waals surface area contributed by atoms with Crippen molar-refractivity contribution in [1.82, 2.24) is 4.98 Å². The Bertz CT molecular complexity index is 916. The van der Waals surface area contributed by atoms with Gasteiger partial charge in [0.05, 0.1) is 24.4 Å². The lowest BCUT2D eigenvalue weighted by molar-refractivity contribution is -0.138. The van der Waals surface area contributed by atoms with Crippen LogP contribution in [0.2, 0.25) is 5.02 Å². The van der Waals surface area contributed by atoms with Crippen LogP contribution in [0.5, 0.6) is 5.88 Å². The zero-order valence-corrected chi connectivity index (χ0v) is 17.1. The maximum absolute atomic E-state index is 12.9. The smallest absolute Gasteiger partial charge is 0.345 e. The van der Waals surface area contributed by atoms with Gasteiger partial charge in [0.25, 0.3) is 0 Å². The number of ketones is 1. The Kier molecular flexibility index (Phi) is 6.88. The highest BCUT2D eigenvalue weighted by Crippen LogP contribution is 2.27. The number of halogens is 1. The molecular weight excluding hydrogens is 394 g/mol. The number of nitrogens with zero attached hydrogens (tertiary/aromatic N) is 1. The molecule has 0 amide bonds. The third kappa shape index (κ3) is 4.95. The predicted molar refractivity (Wildman–Crippen MR) is 108 cm³/mol. The van der Waals surface area contributed by atoms with Gasteiger partial charge in [-0.25, -0.2) is 9.78 Å². The minimum atomic E-state index is -0.771. The van der Waals surface area contributed by atoms with Crippen molar-refractivity contribution in [3.05, 3.63) is 70.1 Å². The van der Waals surface area contributed by atoms with Crippen molar-refractivity contribution in [3.63, 3.8) is 0 Å². The number of carbonyl (C=O) groups excluding carboxylic acids is 2. The predicted octanol–water partition coefficient (Wildman–Crippen LogP) is 3.95. The van der Waals surface area contributed by atoms with E-state index in [0.717, 1.165) is 19.1 Å². The van der Waals surface area contributed by atoms with E-state index < -0.39 is 11.8 Å². The Morgan fingerprint density at radius 2 is 1.86 bits per heavy atom. The van der Waals surface area contributed by atoms with Crippen LogP contribution in [0.4, 0.5) is 0 Å². The zero-order chi connectivity index (χ0) is 20.8. The number of Topliss-reactive ketones (excluding diaryl/α,β-unsaturated/α-hetero) is 1. The van der Waals surface area contributed by atoms with Crippen molar-refractivity contribution in [2.45, 2.75) is 32.8 Å². The zero-order valence-electron chi connectivity index (χ0n) is 16.3. The minimum absolute atomic E-state index is 0.0764. The molecule has 29 heavy (non-hydrogen) atoms. The van der Waals surface area contributed by atoms with E-state index in [1.807, 2.05) is 12.1 Å². The molecule has 0 aliphatic heterocycles. The second kappa shape index (κ2) is 9.56. The van der Waals surface area contributed by atoms with Crippen molar-refractivity contribution >= 4 is 23.4 Å². The van der Waals surface area contributed by atoms with Crippen molar-refractivity contribution in [2.75, 3.05) is 13.2 Å². The van der Waals surface area contributed by atoms with Gasteiger partial charge >= 0.3 is 5.97 Å². The summed E-state index contributed by atoms with van der Waals surface area (Å²) >= 11 is 6.18. The maximum Gasteiger partial charge on any atom is 0.345 e. The fraction of sp³-hybridized carbons (Fsp3) is 0.318. The lowest BCUT2D eigenvalue weighted by atomic mass is 10.1. The minimum Gasteiger partial charge on any atom is -0.500 e. The van der Waals surface area contributed by atoms with Crippen molar-refractivity contribution < 1.29 is 23.8 Å². The molecule has 0 saturated heterocycles. The van der Waals surface area contributed by atoms with E-state index in [1.54, 1.807) is 13.8 Å². The van der Waals surface area contributed by atoms with Crippen molar-refractivity contribution in [2.24, 2.45) is 0 Å². The molecule has 1 aliphatic carbocycles. The molecule has 0 bridgehead atoms. The van der Waals surface area contributed by atoms with Crippen LogP contribution >= 0.6 is 11.6 Å². The lowest BCUT2D eigenvalue weighted by Gasteiger charge is -2.14. The Balaban J connectivity index is 1.81. The van der Waals surface area contributed by atoms with Gasteiger partial charge in [-0.1, -0.05) is 35.9 Å². The molecule has 1 aliphatic rings. The van der Waals surface area contributed by atoms with E-state index in [1.165, 1.54) is 23.4 Å². The summed E-state index contributed by atoms with van der Waals surface area (Å²) in [5.74, 6) is -1.11. The molecule has 0 N–H and O–H groups in total. The summed E-state index contributed by atoms with van der Waals surface area (Å²) < 4.78 is 16.1. The first-order valence-electron chi connectivity index (χ1n) is 9.46. The molecule has 0 radical (unpaired) electrons. The lowest BCUT2D eigenvalue weighted by Crippen LogP contribution is -2.19. The number of fused-ring (bicyclic) bond motifs is 1. The second-order valence-corrected chi connectivity index (χ2v) is 6.86. The number of hydrogen-bond acceptors (Lipinski definition) is 6. The highest BCUT2D eigenvalue weighted by atomic mass is 35.5.